The lowest BCUT2D eigenvalue weighted by Crippen LogP contribution is -2.15. The average Bonchev–Trinajstić information content (AvgIpc) is 2.24. The van der Waals surface area contributed by atoms with Crippen LogP contribution in [0.2, 0.25) is 0 Å². The molecule has 1 heterocycles. The Morgan fingerprint density at radius 2 is 2.25 bits per heavy atom. The molecular formula is C12H13N3O. The van der Waals surface area contributed by atoms with Gasteiger partial charge in [0.15, 0.2) is 0 Å². The quantitative estimate of drug-likeness (QED) is 0.818. The van der Waals surface area contributed by atoms with Crippen LogP contribution in [0.15, 0.2) is 41.6 Å². The van der Waals surface area contributed by atoms with Crippen LogP contribution in [-0.2, 0) is 6.54 Å². The zero-order valence-electron chi connectivity index (χ0n) is 9.05. The van der Waals surface area contributed by atoms with Gasteiger partial charge in [0.05, 0.1) is 6.33 Å². The molecule has 1 aromatic heterocycles. The van der Waals surface area contributed by atoms with Crippen LogP contribution in [-0.4, -0.2) is 9.55 Å². The maximum atomic E-state index is 11.0. The van der Waals surface area contributed by atoms with Crippen molar-refractivity contribution in [1.29, 1.82) is 0 Å². The standard InChI is InChI=1S/C12H13N3O/c1-9-3-2-4-10(5-9)6-15-7-11(13)12(16)14-8-15/h2-5,7-8H,6,13H2,1H3. The Balaban J connectivity index is 2.27. The molecule has 4 heteroatoms. The zero-order valence-corrected chi connectivity index (χ0v) is 9.05. The van der Waals surface area contributed by atoms with Crippen molar-refractivity contribution in [2.24, 2.45) is 0 Å². The first-order valence-corrected chi connectivity index (χ1v) is 5.02. The number of anilines is 1. The fourth-order valence-electron chi connectivity index (χ4n) is 1.58. The Bertz CT molecular complexity index is 560. The van der Waals surface area contributed by atoms with Crippen LogP contribution in [0.1, 0.15) is 11.1 Å². The van der Waals surface area contributed by atoms with Gasteiger partial charge in [-0.05, 0) is 12.5 Å². The van der Waals surface area contributed by atoms with Gasteiger partial charge in [-0.1, -0.05) is 29.8 Å². The molecule has 0 spiro atoms. The van der Waals surface area contributed by atoms with Crippen LogP contribution >= 0.6 is 0 Å². The molecule has 1 aromatic carbocycles. The molecule has 0 radical (unpaired) electrons. The van der Waals surface area contributed by atoms with E-state index >= 15 is 0 Å². The van der Waals surface area contributed by atoms with E-state index in [0.29, 0.717) is 6.54 Å². The van der Waals surface area contributed by atoms with E-state index in [1.54, 1.807) is 10.8 Å². The molecule has 0 aliphatic heterocycles. The molecule has 2 aromatic rings. The maximum Gasteiger partial charge on any atom is 0.295 e. The van der Waals surface area contributed by atoms with Crippen LogP contribution < -0.4 is 11.3 Å². The van der Waals surface area contributed by atoms with Crippen molar-refractivity contribution in [2.75, 3.05) is 5.73 Å². The second kappa shape index (κ2) is 4.18. The van der Waals surface area contributed by atoms with Gasteiger partial charge < -0.3 is 10.3 Å². The highest BCUT2D eigenvalue weighted by Crippen LogP contribution is 2.06. The van der Waals surface area contributed by atoms with Gasteiger partial charge in [0, 0.05) is 12.7 Å². The molecule has 0 bridgehead atoms. The number of benzene rings is 1. The molecule has 4 nitrogen and oxygen atoms in total. The van der Waals surface area contributed by atoms with Crippen LogP contribution in [0.3, 0.4) is 0 Å². The molecule has 0 atom stereocenters. The van der Waals surface area contributed by atoms with Gasteiger partial charge in [0.1, 0.15) is 5.69 Å². The fourth-order valence-corrected chi connectivity index (χ4v) is 1.58. The van der Waals surface area contributed by atoms with Crippen LogP contribution in [0.5, 0.6) is 0 Å². The summed E-state index contributed by atoms with van der Waals surface area (Å²) >= 11 is 0. The lowest BCUT2D eigenvalue weighted by Gasteiger charge is -2.06. The fraction of sp³-hybridized carbons (Fsp3) is 0.167. The minimum absolute atomic E-state index is 0.176. The van der Waals surface area contributed by atoms with E-state index in [2.05, 4.69) is 11.1 Å². The first kappa shape index (κ1) is 10.4. The first-order chi connectivity index (χ1) is 7.65. The lowest BCUT2D eigenvalue weighted by atomic mass is 10.1. The number of nitrogen functional groups attached to an aromatic ring is 1. The predicted octanol–water partition coefficient (Wildman–Crippen LogP) is 1.18. The number of hydrogen-bond donors (Lipinski definition) is 1. The number of nitrogens with two attached hydrogens (primary N) is 1. The van der Waals surface area contributed by atoms with Crippen LogP contribution in [0.4, 0.5) is 5.69 Å². The third-order valence-electron chi connectivity index (χ3n) is 2.32. The molecule has 0 fully saturated rings. The molecule has 0 saturated carbocycles. The third-order valence-corrected chi connectivity index (χ3v) is 2.32. The molecule has 82 valence electrons. The summed E-state index contributed by atoms with van der Waals surface area (Å²) in [6, 6.07) is 8.17. The van der Waals surface area contributed by atoms with E-state index in [9.17, 15) is 4.79 Å². The number of nitrogens with zero attached hydrogens (tertiary/aromatic N) is 2. The Hall–Kier alpha value is -2.10. The molecular weight excluding hydrogens is 202 g/mol. The summed E-state index contributed by atoms with van der Waals surface area (Å²) in [5.41, 5.74) is 7.67. The van der Waals surface area contributed by atoms with Crippen molar-refractivity contribution in [1.82, 2.24) is 9.55 Å². The molecule has 2 rings (SSSR count). The Labute approximate surface area is 93.4 Å². The number of hydrogen-bond acceptors (Lipinski definition) is 3. The normalized spacial score (nSPS) is 10.3. The third kappa shape index (κ3) is 2.28. The predicted molar refractivity (Wildman–Crippen MR) is 63.2 cm³/mol. The minimum atomic E-state index is -0.375. The SMILES string of the molecule is Cc1cccc(Cn2cnc(=O)c(N)c2)c1. The minimum Gasteiger partial charge on any atom is -0.393 e. The summed E-state index contributed by atoms with van der Waals surface area (Å²) in [6.45, 7) is 2.71. The topological polar surface area (TPSA) is 60.9 Å². The van der Waals surface area contributed by atoms with E-state index in [1.165, 1.54) is 11.9 Å². The van der Waals surface area contributed by atoms with E-state index in [4.69, 9.17) is 5.73 Å². The number of rotatable bonds is 2. The molecule has 0 aliphatic carbocycles. The Kier molecular flexibility index (Phi) is 2.72. The second-order valence-electron chi connectivity index (χ2n) is 3.80. The van der Waals surface area contributed by atoms with Crippen molar-refractivity contribution >= 4 is 5.69 Å². The highest BCUT2D eigenvalue weighted by molar-refractivity contribution is 5.31. The molecule has 0 aliphatic rings. The van der Waals surface area contributed by atoms with Gasteiger partial charge in [-0.3, -0.25) is 4.79 Å². The van der Waals surface area contributed by atoms with Gasteiger partial charge in [-0.15, -0.1) is 0 Å². The number of aryl methyl sites for hydroxylation is 1. The van der Waals surface area contributed by atoms with E-state index in [0.717, 1.165) is 5.56 Å². The molecule has 0 amide bonds. The van der Waals surface area contributed by atoms with Crippen molar-refractivity contribution in [3.8, 4) is 0 Å². The van der Waals surface area contributed by atoms with E-state index in [-0.39, 0.29) is 11.2 Å². The van der Waals surface area contributed by atoms with Gasteiger partial charge in [0.2, 0.25) is 0 Å². The molecule has 0 saturated heterocycles. The average molecular weight is 215 g/mol. The summed E-state index contributed by atoms with van der Waals surface area (Å²) in [5, 5.41) is 0. The van der Waals surface area contributed by atoms with Gasteiger partial charge in [-0.25, -0.2) is 0 Å². The summed E-state index contributed by atoms with van der Waals surface area (Å²) in [7, 11) is 0. The summed E-state index contributed by atoms with van der Waals surface area (Å²) in [6.07, 6.45) is 3.11. The van der Waals surface area contributed by atoms with Gasteiger partial charge >= 0.3 is 0 Å². The largest absolute Gasteiger partial charge is 0.393 e. The Morgan fingerprint density at radius 3 is 2.94 bits per heavy atom. The smallest absolute Gasteiger partial charge is 0.295 e. The highest BCUT2D eigenvalue weighted by atomic mass is 16.1. The van der Waals surface area contributed by atoms with Crippen molar-refractivity contribution in [3.63, 3.8) is 0 Å². The van der Waals surface area contributed by atoms with E-state index in [1.807, 2.05) is 25.1 Å². The summed E-state index contributed by atoms with van der Waals surface area (Å²) in [5.74, 6) is 0. The monoisotopic (exact) mass is 215 g/mol. The lowest BCUT2D eigenvalue weighted by molar-refractivity contribution is 0.763. The van der Waals surface area contributed by atoms with Crippen LogP contribution in [0.25, 0.3) is 0 Å². The van der Waals surface area contributed by atoms with Gasteiger partial charge in [-0.2, -0.15) is 4.98 Å². The second-order valence-corrected chi connectivity index (χ2v) is 3.80. The summed E-state index contributed by atoms with van der Waals surface area (Å²) < 4.78 is 1.80. The first-order valence-electron chi connectivity index (χ1n) is 5.02. The van der Waals surface area contributed by atoms with Crippen molar-refractivity contribution in [3.05, 3.63) is 58.3 Å². The summed E-state index contributed by atoms with van der Waals surface area (Å²) in [4.78, 5) is 14.7. The molecule has 16 heavy (non-hydrogen) atoms. The van der Waals surface area contributed by atoms with Gasteiger partial charge in [0.25, 0.3) is 5.56 Å². The molecule has 0 unspecified atom stereocenters. The van der Waals surface area contributed by atoms with Crippen molar-refractivity contribution in [2.45, 2.75) is 13.5 Å². The Morgan fingerprint density at radius 1 is 1.44 bits per heavy atom. The molecule has 2 N–H and O–H groups in total. The van der Waals surface area contributed by atoms with Crippen molar-refractivity contribution < 1.29 is 0 Å². The number of aromatic nitrogens is 2. The van der Waals surface area contributed by atoms with Crippen LogP contribution in [0, 0.1) is 6.92 Å². The zero-order chi connectivity index (χ0) is 11.5. The van der Waals surface area contributed by atoms with E-state index < -0.39 is 0 Å². The highest BCUT2D eigenvalue weighted by Gasteiger charge is 1.98. The maximum absolute atomic E-state index is 11.0.